The summed E-state index contributed by atoms with van der Waals surface area (Å²) in [7, 11) is 1.43. The van der Waals surface area contributed by atoms with E-state index in [1.54, 1.807) is 25.5 Å². The molecule has 1 aromatic heterocycles. The number of ether oxygens (including phenoxy) is 1. The topological polar surface area (TPSA) is 62.7 Å². The minimum atomic E-state index is -3.39. The van der Waals surface area contributed by atoms with E-state index in [1.807, 2.05) is 42.5 Å². The van der Waals surface area contributed by atoms with Gasteiger partial charge in [-0.05, 0) is 31.0 Å². The van der Waals surface area contributed by atoms with Gasteiger partial charge in [0.1, 0.15) is 5.75 Å². The lowest BCUT2D eigenvalue weighted by molar-refractivity contribution is 0.296. The predicted octanol–water partition coefficient (Wildman–Crippen LogP) is 2.67. The average molecular weight is 390 g/mol. The van der Waals surface area contributed by atoms with Gasteiger partial charge in [-0.25, -0.2) is 0 Å². The molecule has 0 bridgehead atoms. The molecule has 0 amide bonds. The number of benzene rings is 1. The maximum absolute atomic E-state index is 12.5. The van der Waals surface area contributed by atoms with Crippen molar-refractivity contribution in [1.29, 1.82) is 0 Å². The van der Waals surface area contributed by atoms with Crippen LogP contribution in [0.25, 0.3) is 0 Å². The molecule has 1 aromatic carbocycles. The molecule has 1 atom stereocenters. The van der Waals surface area contributed by atoms with Crippen LogP contribution in [-0.4, -0.2) is 56.3 Å². The zero-order valence-electron chi connectivity index (χ0n) is 16.1. The molecule has 7 heteroatoms. The highest BCUT2D eigenvalue weighted by Crippen LogP contribution is 2.28. The minimum Gasteiger partial charge on any atom is -0.496 e. The standard InChI is InChI=1S/C20H27N3O3S/c1-22(2)27(24,25)23-13-7-9-17(15-23)19-11-6-10-18(21-19)14-16-8-4-5-12-20(16)26-3/h4-6,8,10-12,17H,7,9,13-15H2,1-3H3/t17-/m0/s1. The summed E-state index contributed by atoms with van der Waals surface area (Å²) in [6.45, 7) is 1.05. The molecule has 6 nitrogen and oxygen atoms in total. The highest BCUT2D eigenvalue weighted by Gasteiger charge is 2.31. The Kier molecular flexibility index (Phi) is 6.14. The molecule has 0 unspecified atom stereocenters. The van der Waals surface area contributed by atoms with E-state index in [0.29, 0.717) is 19.5 Å². The monoisotopic (exact) mass is 389 g/mol. The molecule has 27 heavy (non-hydrogen) atoms. The molecule has 1 fully saturated rings. The van der Waals surface area contributed by atoms with Crippen LogP contribution in [0.2, 0.25) is 0 Å². The highest BCUT2D eigenvalue weighted by atomic mass is 32.2. The van der Waals surface area contributed by atoms with Gasteiger partial charge in [0.25, 0.3) is 10.2 Å². The van der Waals surface area contributed by atoms with Gasteiger partial charge in [-0.2, -0.15) is 17.0 Å². The van der Waals surface area contributed by atoms with Gasteiger partial charge < -0.3 is 4.74 Å². The summed E-state index contributed by atoms with van der Waals surface area (Å²) in [6.07, 6.45) is 2.48. The van der Waals surface area contributed by atoms with E-state index < -0.39 is 10.2 Å². The normalized spacial score (nSPS) is 18.6. The van der Waals surface area contributed by atoms with Crippen molar-refractivity contribution in [2.24, 2.45) is 0 Å². The summed E-state index contributed by atoms with van der Waals surface area (Å²) < 4.78 is 33.2. The fourth-order valence-electron chi connectivity index (χ4n) is 3.49. The summed E-state index contributed by atoms with van der Waals surface area (Å²) in [4.78, 5) is 4.84. The molecule has 1 aliphatic rings. The SMILES string of the molecule is COc1ccccc1Cc1cccc([C@H]2CCCN(S(=O)(=O)N(C)C)C2)n1. The first kappa shape index (κ1) is 19.8. The van der Waals surface area contributed by atoms with Gasteiger partial charge in [0.2, 0.25) is 0 Å². The molecule has 2 aromatic rings. The van der Waals surface area contributed by atoms with Gasteiger partial charge in [-0.3, -0.25) is 4.98 Å². The summed E-state index contributed by atoms with van der Waals surface area (Å²) in [5.74, 6) is 0.969. The van der Waals surface area contributed by atoms with Crippen molar-refractivity contribution in [3.8, 4) is 5.75 Å². The molecule has 0 aliphatic carbocycles. The molecular formula is C20H27N3O3S. The van der Waals surface area contributed by atoms with Crippen LogP contribution < -0.4 is 4.74 Å². The van der Waals surface area contributed by atoms with Crippen LogP contribution in [-0.2, 0) is 16.6 Å². The quantitative estimate of drug-likeness (QED) is 0.762. The van der Waals surface area contributed by atoms with Gasteiger partial charge in [-0.15, -0.1) is 0 Å². The molecule has 0 radical (unpaired) electrons. The van der Waals surface area contributed by atoms with Crippen molar-refractivity contribution in [1.82, 2.24) is 13.6 Å². The van der Waals surface area contributed by atoms with Crippen LogP contribution in [0.1, 0.15) is 35.7 Å². The molecule has 146 valence electrons. The second-order valence-electron chi connectivity index (χ2n) is 7.03. The fourth-order valence-corrected chi connectivity index (χ4v) is 4.68. The Balaban J connectivity index is 1.79. The third-order valence-corrected chi connectivity index (χ3v) is 6.89. The highest BCUT2D eigenvalue weighted by molar-refractivity contribution is 7.86. The summed E-state index contributed by atoms with van der Waals surface area (Å²) in [6, 6.07) is 14.0. The molecule has 0 N–H and O–H groups in total. The summed E-state index contributed by atoms with van der Waals surface area (Å²) in [5, 5.41) is 0. The van der Waals surface area contributed by atoms with Gasteiger partial charge in [0, 0.05) is 56.5 Å². The summed E-state index contributed by atoms with van der Waals surface area (Å²) in [5.41, 5.74) is 3.01. The maximum Gasteiger partial charge on any atom is 0.281 e. The third kappa shape index (κ3) is 4.48. The first-order chi connectivity index (χ1) is 12.9. The van der Waals surface area contributed by atoms with Crippen LogP contribution in [0.3, 0.4) is 0 Å². The number of aromatic nitrogens is 1. The van der Waals surface area contributed by atoms with E-state index in [1.165, 1.54) is 4.31 Å². The number of para-hydroxylation sites is 1. The van der Waals surface area contributed by atoms with Crippen LogP contribution >= 0.6 is 0 Å². The van der Waals surface area contributed by atoms with Crippen LogP contribution in [0.4, 0.5) is 0 Å². The van der Waals surface area contributed by atoms with Crippen molar-refractivity contribution in [3.63, 3.8) is 0 Å². The molecule has 0 spiro atoms. The maximum atomic E-state index is 12.5. The second kappa shape index (κ2) is 8.37. The number of methoxy groups -OCH3 is 1. The first-order valence-electron chi connectivity index (χ1n) is 9.17. The number of rotatable bonds is 6. The van der Waals surface area contributed by atoms with Crippen molar-refractivity contribution in [2.75, 3.05) is 34.3 Å². The van der Waals surface area contributed by atoms with E-state index in [2.05, 4.69) is 0 Å². The van der Waals surface area contributed by atoms with E-state index in [9.17, 15) is 8.42 Å². The zero-order valence-corrected chi connectivity index (χ0v) is 16.9. The zero-order chi connectivity index (χ0) is 19.4. The molecule has 3 rings (SSSR count). The number of hydrogen-bond acceptors (Lipinski definition) is 4. The van der Waals surface area contributed by atoms with Crippen molar-refractivity contribution in [2.45, 2.75) is 25.2 Å². The number of hydrogen-bond donors (Lipinski definition) is 0. The first-order valence-corrected chi connectivity index (χ1v) is 10.6. The lowest BCUT2D eigenvalue weighted by atomic mass is 9.95. The molecular weight excluding hydrogens is 362 g/mol. The van der Waals surface area contributed by atoms with Crippen molar-refractivity contribution in [3.05, 3.63) is 59.4 Å². The lowest BCUT2D eigenvalue weighted by Gasteiger charge is -2.33. The Hall–Kier alpha value is -1.96. The predicted molar refractivity (Wildman–Crippen MR) is 106 cm³/mol. The van der Waals surface area contributed by atoms with Crippen LogP contribution in [0.5, 0.6) is 5.75 Å². The number of piperidine rings is 1. The van der Waals surface area contributed by atoms with Crippen LogP contribution in [0, 0.1) is 0 Å². The third-order valence-electron chi connectivity index (χ3n) is 4.98. The Bertz CT molecular complexity index is 884. The molecule has 2 heterocycles. The van der Waals surface area contributed by atoms with Gasteiger partial charge in [-0.1, -0.05) is 24.3 Å². The largest absolute Gasteiger partial charge is 0.496 e. The Morgan fingerprint density at radius 2 is 1.96 bits per heavy atom. The molecule has 1 aliphatic heterocycles. The Labute approximate surface area is 162 Å². The van der Waals surface area contributed by atoms with E-state index in [0.717, 1.165) is 35.5 Å². The van der Waals surface area contributed by atoms with Gasteiger partial charge >= 0.3 is 0 Å². The van der Waals surface area contributed by atoms with E-state index in [-0.39, 0.29) is 5.92 Å². The minimum absolute atomic E-state index is 0.117. The lowest BCUT2D eigenvalue weighted by Crippen LogP contribution is -2.45. The Morgan fingerprint density at radius 3 is 2.70 bits per heavy atom. The van der Waals surface area contributed by atoms with Gasteiger partial charge in [0.05, 0.1) is 7.11 Å². The fraction of sp³-hybridized carbons (Fsp3) is 0.450. The smallest absolute Gasteiger partial charge is 0.281 e. The molecule has 1 saturated heterocycles. The van der Waals surface area contributed by atoms with E-state index >= 15 is 0 Å². The van der Waals surface area contributed by atoms with Crippen LogP contribution in [0.15, 0.2) is 42.5 Å². The van der Waals surface area contributed by atoms with Crippen molar-refractivity contribution >= 4 is 10.2 Å². The van der Waals surface area contributed by atoms with E-state index in [4.69, 9.17) is 9.72 Å². The van der Waals surface area contributed by atoms with Gasteiger partial charge in [0.15, 0.2) is 0 Å². The molecule has 0 saturated carbocycles. The Morgan fingerprint density at radius 1 is 1.19 bits per heavy atom. The number of nitrogens with zero attached hydrogens (tertiary/aromatic N) is 3. The average Bonchev–Trinajstić information content (AvgIpc) is 2.68. The second-order valence-corrected chi connectivity index (χ2v) is 9.17. The summed E-state index contributed by atoms with van der Waals surface area (Å²) >= 11 is 0. The van der Waals surface area contributed by atoms with Crippen molar-refractivity contribution < 1.29 is 13.2 Å². The number of pyridine rings is 1.